The van der Waals surface area contributed by atoms with Crippen molar-refractivity contribution in [3.63, 3.8) is 0 Å². The molecule has 1 saturated heterocycles. The third-order valence-electron chi connectivity index (χ3n) is 4.28. The standard InChI is InChI=1S/C15H20N2O2/c1-10-8-16-9-11-4-2-5-12(14(10)11)17-7-3-6-13(17)15(18)19/h2,4-5,10,13,16H,3,6-9H2,1H3,(H,18,19). The molecule has 0 amide bonds. The summed E-state index contributed by atoms with van der Waals surface area (Å²) >= 11 is 0. The molecule has 0 aromatic heterocycles. The Kier molecular flexibility index (Phi) is 3.19. The Balaban J connectivity index is 2.03. The second kappa shape index (κ2) is 4.85. The molecule has 0 bridgehead atoms. The van der Waals surface area contributed by atoms with Crippen LogP contribution >= 0.6 is 0 Å². The zero-order valence-corrected chi connectivity index (χ0v) is 11.2. The summed E-state index contributed by atoms with van der Waals surface area (Å²) in [5.41, 5.74) is 3.79. The van der Waals surface area contributed by atoms with Crippen LogP contribution in [0.3, 0.4) is 0 Å². The van der Waals surface area contributed by atoms with Crippen LogP contribution in [0.2, 0.25) is 0 Å². The van der Waals surface area contributed by atoms with Crippen LogP contribution in [-0.2, 0) is 11.3 Å². The molecule has 0 spiro atoms. The number of aliphatic carboxylic acids is 1. The summed E-state index contributed by atoms with van der Waals surface area (Å²) in [7, 11) is 0. The fraction of sp³-hybridized carbons (Fsp3) is 0.533. The number of rotatable bonds is 2. The molecule has 4 heteroatoms. The zero-order valence-electron chi connectivity index (χ0n) is 11.2. The van der Waals surface area contributed by atoms with Crippen molar-refractivity contribution in [3.8, 4) is 0 Å². The number of carboxylic acids is 1. The van der Waals surface area contributed by atoms with Crippen LogP contribution in [0, 0.1) is 0 Å². The van der Waals surface area contributed by atoms with Crippen molar-refractivity contribution >= 4 is 11.7 Å². The number of nitrogens with zero attached hydrogens (tertiary/aromatic N) is 1. The fourth-order valence-electron chi connectivity index (χ4n) is 3.41. The van der Waals surface area contributed by atoms with Crippen molar-refractivity contribution in [2.75, 3.05) is 18.0 Å². The van der Waals surface area contributed by atoms with Gasteiger partial charge in [-0.3, -0.25) is 0 Å². The summed E-state index contributed by atoms with van der Waals surface area (Å²) < 4.78 is 0. The van der Waals surface area contributed by atoms with Gasteiger partial charge in [0.2, 0.25) is 0 Å². The highest BCUT2D eigenvalue weighted by molar-refractivity contribution is 5.80. The van der Waals surface area contributed by atoms with Gasteiger partial charge in [0.1, 0.15) is 6.04 Å². The van der Waals surface area contributed by atoms with Gasteiger partial charge in [-0.25, -0.2) is 4.79 Å². The summed E-state index contributed by atoms with van der Waals surface area (Å²) in [6, 6.07) is 5.92. The Labute approximate surface area is 113 Å². The smallest absolute Gasteiger partial charge is 0.326 e. The van der Waals surface area contributed by atoms with Crippen LogP contribution in [0.4, 0.5) is 5.69 Å². The van der Waals surface area contributed by atoms with Crippen molar-refractivity contribution < 1.29 is 9.90 Å². The van der Waals surface area contributed by atoms with E-state index in [1.807, 2.05) is 6.07 Å². The molecule has 1 fully saturated rings. The van der Waals surface area contributed by atoms with E-state index < -0.39 is 5.97 Å². The topological polar surface area (TPSA) is 52.6 Å². The monoisotopic (exact) mass is 260 g/mol. The van der Waals surface area contributed by atoms with Crippen LogP contribution in [0.1, 0.15) is 36.8 Å². The van der Waals surface area contributed by atoms with Crippen LogP contribution < -0.4 is 10.2 Å². The molecule has 2 aliphatic heterocycles. The van der Waals surface area contributed by atoms with Gasteiger partial charge in [0.25, 0.3) is 0 Å². The Bertz CT molecular complexity index is 501. The van der Waals surface area contributed by atoms with Crippen LogP contribution in [0.15, 0.2) is 18.2 Å². The van der Waals surface area contributed by atoms with Crippen molar-refractivity contribution in [1.82, 2.24) is 5.32 Å². The minimum absolute atomic E-state index is 0.353. The Morgan fingerprint density at radius 2 is 2.32 bits per heavy atom. The van der Waals surface area contributed by atoms with E-state index >= 15 is 0 Å². The van der Waals surface area contributed by atoms with Gasteiger partial charge in [-0.2, -0.15) is 0 Å². The lowest BCUT2D eigenvalue weighted by Gasteiger charge is -2.32. The first-order valence-electron chi connectivity index (χ1n) is 7.00. The highest BCUT2D eigenvalue weighted by atomic mass is 16.4. The number of benzene rings is 1. The van der Waals surface area contributed by atoms with Gasteiger partial charge < -0.3 is 15.3 Å². The molecule has 2 N–H and O–H groups in total. The molecule has 0 saturated carbocycles. The number of hydrogen-bond acceptors (Lipinski definition) is 3. The first kappa shape index (κ1) is 12.5. The lowest BCUT2D eigenvalue weighted by molar-refractivity contribution is -0.138. The van der Waals surface area contributed by atoms with Crippen molar-refractivity contribution in [1.29, 1.82) is 0 Å². The zero-order chi connectivity index (χ0) is 13.4. The number of carbonyl (C=O) groups is 1. The van der Waals surface area contributed by atoms with Gasteiger partial charge in [-0.15, -0.1) is 0 Å². The maximum absolute atomic E-state index is 11.4. The van der Waals surface area contributed by atoms with Gasteiger partial charge in [-0.1, -0.05) is 19.1 Å². The molecular formula is C15H20N2O2. The maximum Gasteiger partial charge on any atom is 0.326 e. The molecule has 1 aromatic carbocycles. The summed E-state index contributed by atoms with van der Waals surface area (Å²) in [6.07, 6.45) is 1.72. The molecule has 0 radical (unpaired) electrons. The molecule has 2 aliphatic rings. The van der Waals surface area contributed by atoms with E-state index in [1.54, 1.807) is 0 Å². The minimum atomic E-state index is -0.698. The van der Waals surface area contributed by atoms with Gasteiger partial charge in [0.05, 0.1) is 0 Å². The molecular weight excluding hydrogens is 240 g/mol. The van der Waals surface area contributed by atoms with E-state index in [-0.39, 0.29) is 6.04 Å². The molecule has 102 valence electrons. The molecule has 2 heterocycles. The summed E-state index contributed by atoms with van der Waals surface area (Å²) in [5.74, 6) is -0.258. The van der Waals surface area contributed by atoms with E-state index in [2.05, 4.69) is 29.3 Å². The van der Waals surface area contributed by atoms with Crippen molar-refractivity contribution in [3.05, 3.63) is 29.3 Å². The van der Waals surface area contributed by atoms with E-state index in [4.69, 9.17) is 0 Å². The van der Waals surface area contributed by atoms with Gasteiger partial charge in [0.15, 0.2) is 0 Å². The quantitative estimate of drug-likeness (QED) is 0.853. The number of hydrogen-bond donors (Lipinski definition) is 2. The lowest BCUT2D eigenvalue weighted by Crippen LogP contribution is -2.38. The Morgan fingerprint density at radius 3 is 3.11 bits per heavy atom. The number of carboxylic acid groups (broad SMARTS) is 1. The predicted molar refractivity (Wildman–Crippen MR) is 74.6 cm³/mol. The first-order valence-corrected chi connectivity index (χ1v) is 7.00. The molecule has 19 heavy (non-hydrogen) atoms. The average Bonchev–Trinajstić information content (AvgIpc) is 2.87. The maximum atomic E-state index is 11.4. The van der Waals surface area contributed by atoms with E-state index in [0.717, 1.165) is 38.2 Å². The van der Waals surface area contributed by atoms with Gasteiger partial charge >= 0.3 is 5.97 Å². The van der Waals surface area contributed by atoms with E-state index in [1.165, 1.54) is 11.1 Å². The summed E-state index contributed by atoms with van der Waals surface area (Å²) in [4.78, 5) is 13.5. The highest BCUT2D eigenvalue weighted by Crippen LogP contribution is 2.36. The molecule has 2 unspecified atom stereocenters. The third kappa shape index (κ3) is 2.10. The lowest BCUT2D eigenvalue weighted by atomic mass is 9.90. The van der Waals surface area contributed by atoms with Gasteiger partial charge in [0, 0.05) is 25.3 Å². The minimum Gasteiger partial charge on any atom is -0.480 e. The number of fused-ring (bicyclic) bond motifs is 1. The van der Waals surface area contributed by atoms with Crippen LogP contribution in [0.25, 0.3) is 0 Å². The Morgan fingerprint density at radius 1 is 1.47 bits per heavy atom. The van der Waals surface area contributed by atoms with Crippen molar-refractivity contribution in [2.45, 2.75) is 38.3 Å². The van der Waals surface area contributed by atoms with E-state index in [0.29, 0.717) is 5.92 Å². The third-order valence-corrected chi connectivity index (χ3v) is 4.28. The molecule has 4 nitrogen and oxygen atoms in total. The van der Waals surface area contributed by atoms with Crippen LogP contribution in [-0.4, -0.2) is 30.2 Å². The predicted octanol–water partition coefficient (Wildman–Crippen LogP) is 1.95. The van der Waals surface area contributed by atoms with Crippen molar-refractivity contribution in [2.24, 2.45) is 0 Å². The Hall–Kier alpha value is -1.55. The fourth-order valence-corrected chi connectivity index (χ4v) is 3.41. The molecule has 2 atom stereocenters. The number of nitrogens with one attached hydrogen (secondary N) is 1. The molecule has 1 aromatic rings. The second-order valence-corrected chi connectivity index (χ2v) is 5.57. The SMILES string of the molecule is CC1CNCc2cccc(N3CCCC3C(=O)O)c21. The molecule has 0 aliphatic carbocycles. The van der Waals surface area contributed by atoms with Crippen LogP contribution in [0.5, 0.6) is 0 Å². The summed E-state index contributed by atoms with van der Waals surface area (Å²) in [5, 5.41) is 12.8. The number of anilines is 1. The normalized spacial score (nSPS) is 26.3. The molecule has 3 rings (SSSR count). The largest absolute Gasteiger partial charge is 0.480 e. The van der Waals surface area contributed by atoms with Gasteiger partial charge in [-0.05, 0) is 36.0 Å². The van der Waals surface area contributed by atoms with E-state index in [9.17, 15) is 9.90 Å². The average molecular weight is 260 g/mol. The first-order chi connectivity index (χ1) is 9.18. The summed E-state index contributed by atoms with van der Waals surface area (Å²) in [6.45, 7) is 4.92. The highest BCUT2D eigenvalue weighted by Gasteiger charge is 2.33. The second-order valence-electron chi connectivity index (χ2n) is 5.57.